The van der Waals surface area contributed by atoms with E-state index in [0.29, 0.717) is 6.54 Å². The number of aromatic nitrogens is 3. The SMILES string of the molecule is CCCNC(=O)CN(C)c1nn2c(NC(C)(C)C)c(-c3ccc(CC)cc3)nc2s1. The van der Waals surface area contributed by atoms with Gasteiger partial charge in [-0.3, -0.25) is 4.79 Å². The van der Waals surface area contributed by atoms with Crippen molar-refractivity contribution in [3.8, 4) is 11.3 Å². The number of hydrogen-bond acceptors (Lipinski definition) is 6. The van der Waals surface area contributed by atoms with Gasteiger partial charge in [0.05, 0.1) is 6.54 Å². The summed E-state index contributed by atoms with van der Waals surface area (Å²) >= 11 is 1.48. The molecule has 0 atom stereocenters. The smallest absolute Gasteiger partial charge is 0.239 e. The quantitative estimate of drug-likeness (QED) is 0.563. The molecule has 0 aliphatic rings. The summed E-state index contributed by atoms with van der Waals surface area (Å²) in [4.78, 5) is 19.6. The predicted octanol–water partition coefficient (Wildman–Crippen LogP) is 4.19. The van der Waals surface area contributed by atoms with Crippen molar-refractivity contribution < 1.29 is 4.79 Å². The predicted molar refractivity (Wildman–Crippen MR) is 126 cm³/mol. The molecule has 2 heterocycles. The van der Waals surface area contributed by atoms with Crippen LogP contribution in [0.15, 0.2) is 24.3 Å². The van der Waals surface area contributed by atoms with Gasteiger partial charge in [0.25, 0.3) is 0 Å². The monoisotopic (exact) mass is 428 g/mol. The van der Waals surface area contributed by atoms with Gasteiger partial charge < -0.3 is 15.5 Å². The van der Waals surface area contributed by atoms with E-state index in [1.807, 2.05) is 23.4 Å². The van der Waals surface area contributed by atoms with Crippen LogP contribution in [-0.4, -0.2) is 46.2 Å². The number of fused-ring (bicyclic) bond motifs is 1. The number of anilines is 2. The summed E-state index contributed by atoms with van der Waals surface area (Å²) in [5.74, 6) is 0.866. The van der Waals surface area contributed by atoms with Gasteiger partial charge in [0.15, 0.2) is 5.82 Å². The van der Waals surface area contributed by atoms with Crippen LogP contribution in [0.2, 0.25) is 0 Å². The molecule has 0 fully saturated rings. The molecule has 0 saturated carbocycles. The Hall–Kier alpha value is -2.61. The number of carbonyl (C=O) groups is 1. The topological polar surface area (TPSA) is 74.6 Å². The Balaban J connectivity index is 1.95. The Morgan fingerprint density at radius 2 is 1.90 bits per heavy atom. The number of carbonyl (C=O) groups excluding carboxylic acids is 1. The molecule has 0 spiro atoms. The third-order valence-corrected chi connectivity index (χ3v) is 5.62. The number of nitrogens with zero attached hydrogens (tertiary/aromatic N) is 4. The Kier molecular flexibility index (Phi) is 6.65. The molecular formula is C22H32N6OS. The fourth-order valence-corrected chi connectivity index (χ4v) is 3.92. The average Bonchev–Trinajstić information content (AvgIpc) is 3.25. The van der Waals surface area contributed by atoms with Crippen LogP contribution in [-0.2, 0) is 11.2 Å². The molecule has 0 unspecified atom stereocenters. The highest BCUT2D eigenvalue weighted by Gasteiger charge is 2.23. The molecule has 8 heteroatoms. The molecule has 7 nitrogen and oxygen atoms in total. The molecule has 2 N–H and O–H groups in total. The van der Waals surface area contributed by atoms with Gasteiger partial charge in [-0.15, -0.1) is 5.10 Å². The molecule has 0 aliphatic heterocycles. The van der Waals surface area contributed by atoms with Crippen LogP contribution in [0.3, 0.4) is 0 Å². The van der Waals surface area contributed by atoms with Crippen LogP contribution in [0.5, 0.6) is 0 Å². The minimum atomic E-state index is -0.149. The third kappa shape index (κ3) is 5.11. The molecule has 2 aromatic heterocycles. The van der Waals surface area contributed by atoms with Gasteiger partial charge in [-0.25, -0.2) is 4.98 Å². The van der Waals surface area contributed by atoms with Crippen LogP contribution in [0, 0.1) is 0 Å². The van der Waals surface area contributed by atoms with Gasteiger partial charge in [-0.05, 0) is 39.2 Å². The maximum atomic E-state index is 12.1. The minimum Gasteiger partial charge on any atom is -0.364 e. The van der Waals surface area contributed by atoms with Crippen LogP contribution in [0.1, 0.15) is 46.6 Å². The molecule has 3 aromatic rings. The molecule has 0 aliphatic carbocycles. The highest BCUT2D eigenvalue weighted by atomic mass is 32.1. The summed E-state index contributed by atoms with van der Waals surface area (Å²) < 4.78 is 1.86. The van der Waals surface area contributed by atoms with E-state index in [4.69, 9.17) is 10.1 Å². The lowest BCUT2D eigenvalue weighted by atomic mass is 10.1. The van der Waals surface area contributed by atoms with Crippen LogP contribution >= 0.6 is 11.3 Å². The Morgan fingerprint density at radius 3 is 2.50 bits per heavy atom. The fourth-order valence-electron chi connectivity index (χ4n) is 3.06. The number of benzene rings is 1. The van der Waals surface area contributed by atoms with Crippen molar-refractivity contribution in [1.82, 2.24) is 19.9 Å². The molecule has 0 saturated heterocycles. The lowest BCUT2D eigenvalue weighted by Gasteiger charge is -2.22. The number of likely N-dealkylation sites (N-methyl/N-ethyl adjacent to an activating group) is 1. The standard InChI is InChI=1S/C22H32N6OS/c1-7-13-23-17(29)14-27(6)21-26-28-19(25-22(3,4)5)18(24-20(28)30-21)16-11-9-15(8-2)10-12-16/h9-12,25H,7-8,13-14H2,1-6H3,(H,23,29). The van der Waals surface area contributed by atoms with Crippen molar-refractivity contribution >= 4 is 33.2 Å². The van der Waals surface area contributed by atoms with Crippen molar-refractivity contribution in [3.05, 3.63) is 29.8 Å². The Morgan fingerprint density at radius 1 is 1.20 bits per heavy atom. The number of amides is 1. The first kappa shape index (κ1) is 22.1. The first-order valence-corrected chi connectivity index (χ1v) is 11.3. The second-order valence-corrected chi connectivity index (χ2v) is 9.45. The van der Waals surface area contributed by atoms with E-state index >= 15 is 0 Å². The zero-order valence-corrected chi connectivity index (χ0v) is 19.6. The van der Waals surface area contributed by atoms with Gasteiger partial charge in [-0.1, -0.05) is 49.4 Å². The lowest BCUT2D eigenvalue weighted by molar-refractivity contribution is -0.119. The van der Waals surface area contributed by atoms with E-state index in [9.17, 15) is 4.79 Å². The number of aryl methyl sites for hydroxylation is 1. The maximum absolute atomic E-state index is 12.1. The van der Waals surface area contributed by atoms with E-state index < -0.39 is 0 Å². The zero-order valence-electron chi connectivity index (χ0n) is 18.7. The van der Waals surface area contributed by atoms with E-state index in [1.165, 1.54) is 16.9 Å². The molecular weight excluding hydrogens is 396 g/mol. The number of rotatable bonds is 8. The van der Waals surface area contributed by atoms with Gasteiger partial charge in [-0.2, -0.15) is 4.52 Å². The van der Waals surface area contributed by atoms with Crippen LogP contribution in [0.25, 0.3) is 16.2 Å². The van der Waals surface area contributed by atoms with E-state index in [-0.39, 0.29) is 18.0 Å². The second kappa shape index (κ2) is 9.04. The van der Waals surface area contributed by atoms with Crippen molar-refractivity contribution in [2.75, 3.05) is 30.4 Å². The molecule has 0 radical (unpaired) electrons. The molecule has 1 amide bonds. The Labute approximate surface area is 182 Å². The molecule has 3 rings (SSSR count). The minimum absolute atomic E-state index is 0.00284. The largest absolute Gasteiger partial charge is 0.364 e. The summed E-state index contributed by atoms with van der Waals surface area (Å²) in [6.07, 6.45) is 1.93. The average molecular weight is 429 g/mol. The van der Waals surface area contributed by atoms with Crippen molar-refractivity contribution in [2.45, 2.75) is 53.0 Å². The molecule has 30 heavy (non-hydrogen) atoms. The van der Waals surface area contributed by atoms with Gasteiger partial charge in [0.2, 0.25) is 16.0 Å². The summed E-state index contributed by atoms with van der Waals surface area (Å²) in [7, 11) is 1.88. The lowest BCUT2D eigenvalue weighted by Crippen LogP contribution is -2.35. The number of imidazole rings is 1. The zero-order chi connectivity index (χ0) is 21.9. The molecule has 162 valence electrons. The summed E-state index contributed by atoms with van der Waals surface area (Å²) in [5, 5.41) is 12.0. The summed E-state index contributed by atoms with van der Waals surface area (Å²) in [6, 6.07) is 8.52. The molecule has 0 bridgehead atoms. The Bertz CT molecular complexity index is 999. The van der Waals surface area contributed by atoms with Crippen molar-refractivity contribution in [2.24, 2.45) is 0 Å². The maximum Gasteiger partial charge on any atom is 0.239 e. The highest BCUT2D eigenvalue weighted by molar-refractivity contribution is 7.20. The fraction of sp³-hybridized carbons (Fsp3) is 0.500. The second-order valence-electron chi connectivity index (χ2n) is 8.52. The molecule has 1 aromatic carbocycles. The van der Waals surface area contributed by atoms with E-state index in [0.717, 1.165) is 40.0 Å². The van der Waals surface area contributed by atoms with Gasteiger partial charge in [0.1, 0.15) is 5.69 Å². The highest BCUT2D eigenvalue weighted by Crippen LogP contribution is 2.34. The summed E-state index contributed by atoms with van der Waals surface area (Å²) in [5.41, 5.74) is 3.10. The van der Waals surface area contributed by atoms with Gasteiger partial charge in [0, 0.05) is 24.7 Å². The number of nitrogens with one attached hydrogen (secondary N) is 2. The van der Waals surface area contributed by atoms with Crippen LogP contribution in [0.4, 0.5) is 10.9 Å². The first-order chi connectivity index (χ1) is 14.2. The summed E-state index contributed by atoms with van der Waals surface area (Å²) in [6.45, 7) is 11.5. The van der Waals surface area contributed by atoms with E-state index in [2.05, 4.69) is 62.6 Å². The van der Waals surface area contributed by atoms with Crippen molar-refractivity contribution in [1.29, 1.82) is 0 Å². The third-order valence-electron chi connectivity index (χ3n) is 4.60. The van der Waals surface area contributed by atoms with Crippen molar-refractivity contribution in [3.63, 3.8) is 0 Å². The normalized spacial score (nSPS) is 11.7. The van der Waals surface area contributed by atoms with E-state index in [1.54, 1.807) is 0 Å². The van der Waals surface area contributed by atoms with Gasteiger partial charge >= 0.3 is 0 Å². The number of hydrogen-bond donors (Lipinski definition) is 2. The first-order valence-electron chi connectivity index (χ1n) is 10.5. The van der Waals surface area contributed by atoms with Crippen LogP contribution < -0.4 is 15.5 Å².